The molecular formula is C10H32N2Na2O10+2. The maximum Gasteiger partial charge on any atom is 1.00 e. The van der Waals surface area contributed by atoms with Crippen molar-refractivity contribution < 1.29 is 115 Å². The number of carboxylic acids is 4. The van der Waals surface area contributed by atoms with Crippen LogP contribution < -0.4 is 70.6 Å². The van der Waals surface area contributed by atoms with E-state index in [4.69, 9.17) is 51.1 Å². The maximum absolute atomic E-state index is 9.00. The van der Waals surface area contributed by atoms with E-state index >= 15 is 0 Å². The summed E-state index contributed by atoms with van der Waals surface area (Å²) in [7, 11) is 0. The van der Waals surface area contributed by atoms with Gasteiger partial charge >= 0.3 is 62.0 Å². The minimum absolute atomic E-state index is 0. The minimum Gasteiger partial charge on any atom is -1.00 e. The fourth-order valence-corrected chi connectivity index (χ4v) is 0. The van der Waals surface area contributed by atoms with Gasteiger partial charge in [-0.25, -0.2) is 0 Å². The van der Waals surface area contributed by atoms with Crippen molar-refractivity contribution in [2.24, 2.45) is 11.5 Å². The van der Waals surface area contributed by atoms with Crippen molar-refractivity contribution in [1.82, 2.24) is 0 Å². The Morgan fingerprint density at radius 1 is 0.667 bits per heavy atom. The van der Waals surface area contributed by atoms with Crippen molar-refractivity contribution in [3.05, 3.63) is 0 Å². The van der Waals surface area contributed by atoms with Crippen LogP contribution in [0.3, 0.4) is 0 Å². The number of nitrogens with two attached hydrogens (primary N) is 2. The fraction of sp³-hybridized carbons (Fsp3) is 0.600. The minimum atomic E-state index is -0.833. The molecule has 0 saturated heterocycles. The predicted molar refractivity (Wildman–Crippen MR) is 83.0 cm³/mol. The van der Waals surface area contributed by atoms with E-state index in [0.717, 1.165) is 27.7 Å². The van der Waals surface area contributed by atoms with Gasteiger partial charge in [0.05, 0.1) is 0 Å². The number of aliphatic carboxylic acids is 4. The van der Waals surface area contributed by atoms with Crippen LogP contribution in [0.25, 0.3) is 0 Å². The monoisotopic (exact) mass is 386 g/mol. The molecule has 12 N–H and O–H groups in total. The largest absolute Gasteiger partial charge is 1.00 e. The summed E-state index contributed by atoms with van der Waals surface area (Å²) in [5.41, 5.74) is 9.81. The van der Waals surface area contributed by atoms with Gasteiger partial charge in [-0.2, -0.15) is 0 Å². The van der Waals surface area contributed by atoms with Gasteiger partial charge in [0.1, 0.15) is 0 Å². The van der Waals surface area contributed by atoms with E-state index in [2.05, 4.69) is 0 Å². The quantitative estimate of drug-likeness (QED) is 0.232. The summed E-state index contributed by atoms with van der Waals surface area (Å²) in [6, 6.07) is 0. The predicted octanol–water partition coefficient (Wildman–Crippen LogP) is -7.92. The number of hydrogen-bond donors (Lipinski definition) is 6. The van der Waals surface area contributed by atoms with Gasteiger partial charge < -0.3 is 45.7 Å². The van der Waals surface area contributed by atoms with Crippen molar-refractivity contribution in [1.29, 1.82) is 0 Å². The Kier molecular flexibility index (Phi) is 134. The van der Waals surface area contributed by atoms with Crippen molar-refractivity contribution in [3.63, 3.8) is 0 Å². The van der Waals surface area contributed by atoms with Crippen LogP contribution in [0.4, 0.5) is 0 Å². The van der Waals surface area contributed by atoms with Crippen LogP contribution in [0.1, 0.15) is 33.4 Å². The summed E-state index contributed by atoms with van der Waals surface area (Å²) in [5.74, 6) is -3.33. The normalized spacial score (nSPS) is 5.42. The van der Waals surface area contributed by atoms with Crippen LogP contribution in [0.15, 0.2) is 0 Å². The van der Waals surface area contributed by atoms with Crippen molar-refractivity contribution >= 4 is 23.9 Å². The van der Waals surface area contributed by atoms with E-state index in [1.165, 1.54) is 0 Å². The molecule has 0 bridgehead atoms. The number of rotatable bonds is 1. The Balaban J connectivity index is -0.00000000852. The van der Waals surface area contributed by atoms with E-state index in [9.17, 15) is 0 Å². The summed E-state index contributed by atoms with van der Waals surface area (Å²) in [5, 5.41) is 29.7. The van der Waals surface area contributed by atoms with Gasteiger partial charge in [-0.15, -0.1) is 0 Å². The first-order valence-corrected chi connectivity index (χ1v) is 5.03. The van der Waals surface area contributed by atoms with Crippen LogP contribution >= 0.6 is 0 Å². The summed E-state index contributed by atoms with van der Waals surface area (Å²) in [6.45, 7) is 5.53. The molecule has 0 aliphatic heterocycles. The molecule has 24 heavy (non-hydrogen) atoms. The zero-order valence-corrected chi connectivity index (χ0v) is 19.0. The smallest absolute Gasteiger partial charge is 1.00 e. The molecule has 0 saturated carbocycles. The molecule has 0 aromatic carbocycles. The molecule has 0 heterocycles. The summed E-state index contributed by atoms with van der Waals surface area (Å²) >= 11 is 0. The first kappa shape index (κ1) is 56.5. The molecule has 0 rings (SSSR count). The van der Waals surface area contributed by atoms with Gasteiger partial charge in [-0.05, 0) is 0 Å². The molecule has 0 amide bonds. The Labute approximate surface area is 190 Å². The summed E-state index contributed by atoms with van der Waals surface area (Å²) in [6.07, 6.45) is 0. The van der Waals surface area contributed by atoms with Crippen molar-refractivity contribution in [2.45, 2.75) is 27.7 Å². The van der Waals surface area contributed by atoms with Gasteiger partial charge in [0.25, 0.3) is 23.9 Å². The Morgan fingerprint density at radius 2 is 0.708 bits per heavy atom. The third kappa shape index (κ3) is 18000. The number of carboxylic acid groups (broad SMARTS) is 4. The SMILES string of the molecule is CC(=O)O.CC(=O)O.CC(=O)O.CC(=O)O.NCCN.O.O.[H+].[H+].[H-].[H-].[Na+].[Na+]. The van der Waals surface area contributed by atoms with Crippen LogP contribution in [-0.2, 0) is 19.2 Å². The molecule has 0 aromatic rings. The summed E-state index contributed by atoms with van der Waals surface area (Å²) in [4.78, 5) is 36.0. The molecular weight excluding hydrogens is 354 g/mol. The molecule has 0 radical (unpaired) electrons. The van der Waals surface area contributed by atoms with Gasteiger partial charge in [0.15, 0.2) is 0 Å². The zero-order chi connectivity index (χ0) is 17.7. The van der Waals surface area contributed by atoms with Crippen molar-refractivity contribution in [2.75, 3.05) is 13.1 Å². The molecule has 142 valence electrons. The molecule has 12 nitrogen and oxygen atoms in total. The molecule has 14 heteroatoms. The van der Waals surface area contributed by atoms with Gasteiger partial charge in [-0.3, -0.25) is 19.2 Å². The van der Waals surface area contributed by atoms with E-state index in [1.54, 1.807) is 0 Å². The third-order valence-corrected chi connectivity index (χ3v) is 0.167. The molecule has 0 unspecified atom stereocenters. The van der Waals surface area contributed by atoms with Gasteiger partial charge in [0, 0.05) is 40.8 Å². The number of carbonyl (C=O) groups is 4. The third-order valence-electron chi connectivity index (χ3n) is 0.167. The van der Waals surface area contributed by atoms with Crippen LogP contribution in [0.5, 0.6) is 0 Å². The topological polar surface area (TPSA) is 264 Å². The molecule has 0 spiro atoms. The van der Waals surface area contributed by atoms with E-state index in [-0.39, 0.29) is 75.8 Å². The Hall–Kier alpha value is -0.280. The van der Waals surface area contributed by atoms with Crippen LogP contribution in [0.2, 0.25) is 0 Å². The summed E-state index contributed by atoms with van der Waals surface area (Å²) < 4.78 is 0. The van der Waals surface area contributed by atoms with Crippen molar-refractivity contribution in [3.8, 4) is 0 Å². The first-order chi connectivity index (χ1) is 8.84. The second kappa shape index (κ2) is 56.9. The molecule has 0 atom stereocenters. The number of hydrogen-bond acceptors (Lipinski definition) is 6. The van der Waals surface area contributed by atoms with E-state index in [0.29, 0.717) is 13.1 Å². The van der Waals surface area contributed by atoms with E-state index in [1.807, 2.05) is 0 Å². The van der Waals surface area contributed by atoms with Crippen LogP contribution in [0, 0.1) is 0 Å². The standard InChI is InChI=1S/C2H8N2.4C2H4O2.2Na.2H2O.2H/c3-1-2-4;4*1-2(3)4;;;;;;/h1-4H2;4*1H3,(H,3,4);;;2*1H2;;/q;;;;;2*+1;;;2*-1/p+2. The average Bonchev–Trinajstić information content (AvgIpc) is 2.13. The second-order valence-electron chi connectivity index (χ2n) is 2.65. The maximum atomic E-state index is 9.00. The zero-order valence-electron chi connectivity index (χ0n) is 19.0. The molecule has 0 aliphatic carbocycles. The Bertz CT molecular complexity index is 219. The van der Waals surface area contributed by atoms with E-state index < -0.39 is 23.9 Å². The van der Waals surface area contributed by atoms with Gasteiger partial charge in [-0.1, -0.05) is 0 Å². The average molecular weight is 386 g/mol. The fourth-order valence-electron chi connectivity index (χ4n) is 0. The first-order valence-electron chi connectivity index (χ1n) is 5.03. The molecule has 0 aromatic heterocycles. The molecule has 0 aliphatic rings. The van der Waals surface area contributed by atoms with Gasteiger partial charge in [0.2, 0.25) is 0 Å². The van der Waals surface area contributed by atoms with Crippen LogP contribution in [-0.4, -0.2) is 68.3 Å². The second-order valence-corrected chi connectivity index (χ2v) is 2.65. The Morgan fingerprint density at radius 3 is 0.708 bits per heavy atom. The molecule has 0 fully saturated rings.